The SMILES string of the molecule is NC1(Cl)C=CC(NC(=O)Nc2ccccc2C(F)F)=CC1. The number of nitrogens with one attached hydrogen (secondary N) is 2. The van der Waals surface area contributed by atoms with Crippen molar-refractivity contribution in [2.45, 2.75) is 17.8 Å². The van der Waals surface area contributed by atoms with Crippen LogP contribution in [0.4, 0.5) is 19.3 Å². The average molecular weight is 314 g/mol. The second kappa shape index (κ2) is 6.24. The molecule has 112 valence electrons. The minimum atomic E-state index is -2.66. The van der Waals surface area contributed by atoms with E-state index in [-0.39, 0.29) is 11.3 Å². The van der Waals surface area contributed by atoms with Gasteiger partial charge in [0.05, 0.1) is 5.69 Å². The zero-order valence-corrected chi connectivity index (χ0v) is 11.7. The summed E-state index contributed by atoms with van der Waals surface area (Å²) in [6, 6.07) is 5.11. The van der Waals surface area contributed by atoms with E-state index in [1.54, 1.807) is 24.3 Å². The van der Waals surface area contributed by atoms with E-state index in [1.807, 2.05) is 0 Å². The first kappa shape index (κ1) is 15.5. The monoisotopic (exact) mass is 313 g/mol. The summed E-state index contributed by atoms with van der Waals surface area (Å²) < 4.78 is 25.6. The first-order chi connectivity index (χ1) is 9.87. The summed E-state index contributed by atoms with van der Waals surface area (Å²) in [6.07, 6.45) is 2.47. The molecule has 0 aliphatic heterocycles. The summed E-state index contributed by atoms with van der Waals surface area (Å²) in [7, 11) is 0. The lowest BCUT2D eigenvalue weighted by molar-refractivity contribution is 0.152. The molecular weight excluding hydrogens is 300 g/mol. The molecule has 2 rings (SSSR count). The maximum atomic E-state index is 12.8. The maximum absolute atomic E-state index is 12.8. The molecule has 2 amide bonds. The first-order valence-electron chi connectivity index (χ1n) is 6.20. The van der Waals surface area contributed by atoms with Gasteiger partial charge in [-0.15, -0.1) is 0 Å². The van der Waals surface area contributed by atoms with Crippen molar-refractivity contribution in [1.82, 2.24) is 5.32 Å². The van der Waals surface area contributed by atoms with Gasteiger partial charge >= 0.3 is 6.03 Å². The number of rotatable bonds is 3. The fourth-order valence-corrected chi connectivity index (χ4v) is 1.95. The molecule has 0 radical (unpaired) electrons. The number of halogens is 3. The smallest absolute Gasteiger partial charge is 0.309 e. The van der Waals surface area contributed by atoms with Crippen LogP contribution in [0.1, 0.15) is 18.4 Å². The molecule has 7 heteroatoms. The molecule has 4 N–H and O–H groups in total. The Labute approximate surface area is 125 Å². The van der Waals surface area contributed by atoms with Gasteiger partial charge in [0.25, 0.3) is 6.43 Å². The fraction of sp³-hybridized carbons (Fsp3) is 0.214. The van der Waals surface area contributed by atoms with Gasteiger partial charge < -0.3 is 16.4 Å². The zero-order chi connectivity index (χ0) is 15.5. The Morgan fingerprint density at radius 2 is 2.05 bits per heavy atom. The highest BCUT2D eigenvalue weighted by atomic mass is 35.5. The normalized spacial score (nSPS) is 21.1. The number of carbonyl (C=O) groups excluding carboxylic acids is 1. The Bertz CT molecular complexity index is 600. The third-order valence-electron chi connectivity index (χ3n) is 2.88. The standard InChI is InChI=1S/C14H14ClF2N3O/c15-14(18)7-5-9(6-8-14)19-13(21)20-11-4-2-1-3-10(11)12(16)17/h1-7,12H,8,18H2,(H2,19,20,21). The Kier molecular flexibility index (Phi) is 4.59. The minimum Gasteiger partial charge on any atom is -0.309 e. The van der Waals surface area contributed by atoms with Gasteiger partial charge in [-0.05, 0) is 18.2 Å². The third kappa shape index (κ3) is 4.27. The number of para-hydroxylation sites is 1. The number of alkyl halides is 3. The van der Waals surface area contributed by atoms with E-state index >= 15 is 0 Å². The van der Waals surface area contributed by atoms with Crippen molar-refractivity contribution >= 4 is 23.3 Å². The second-order valence-electron chi connectivity index (χ2n) is 4.59. The van der Waals surface area contributed by atoms with Crippen molar-refractivity contribution in [2.24, 2.45) is 5.73 Å². The van der Waals surface area contributed by atoms with Crippen LogP contribution in [0.2, 0.25) is 0 Å². The number of anilines is 1. The molecule has 1 aromatic carbocycles. The number of allylic oxidation sites excluding steroid dienone is 1. The predicted molar refractivity (Wildman–Crippen MR) is 78.2 cm³/mol. The molecule has 0 bridgehead atoms. The van der Waals surface area contributed by atoms with Gasteiger partial charge in [0.2, 0.25) is 0 Å². The zero-order valence-electron chi connectivity index (χ0n) is 10.9. The van der Waals surface area contributed by atoms with E-state index in [0.29, 0.717) is 12.1 Å². The van der Waals surface area contributed by atoms with Crippen LogP contribution < -0.4 is 16.4 Å². The molecular formula is C14H14ClF2N3O. The molecule has 0 spiro atoms. The molecule has 21 heavy (non-hydrogen) atoms. The molecule has 1 aliphatic rings. The van der Waals surface area contributed by atoms with Gasteiger partial charge in [-0.1, -0.05) is 35.9 Å². The number of carbonyl (C=O) groups is 1. The Morgan fingerprint density at radius 1 is 1.33 bits per heavy atom. The number of benzene rings is 1. The van der Waals surface area contributed by atoms with Crippen LogP contribution in [0, 0.1) is 0 Å². The summed E-state index contributed by atoms with van der Waals surface area (Å²) in [5.74, 6) is 0. The highest BCUT2D eigenvalue weighted by Crippen LogP contribution is 2.26. The lowest BCUT2D eigenvalue weighted by Gasteiger charge is -2.20. The van der Waals surface area contributed by atoms with Gasteiger partial charge in [0, 0.05) is 17.7 Å². The fourth-order valence-electron chi connectivity index (χ4n) is 1.81. The van der Waals surface area contributed by atoms with Crippen molar-refractivity contribution in [3.05, 3.63) is 53.8 Å². The Morgan fingerprint density at radius 3 is 2.67 bits per heavy atom. The summed E-state index contributed by atoms with van der Waals surface area (Å²) in [6.45, 7) is 0. The van der Waals surface area contributed by atoms with Crippen LogP contribution in [-0.2, 0) is 0 Å². The van der Waals surface area contributed by atoms with Crippen molar-refractivity contribution in [2.75, 3.05) is 5.32 Å². The van der Waals surface area contributed by atoms with Crippen LogP contribution in [0.3, 0.4) is 0 Å². The summed E-state index contributed by atoms with van der Waals surface area (Å²) in [5.41, 5.74) is 6.01. The molecule has 1 atom stereocenters. The van der Waals surface area contributed by atoms with Crippen molar-refractivity contribution in [1.29, 1.82) is 0 Å². The first-order valence-corrected chi connectivity index (χ1v) is 6.57. The molecule has 0 saturated carbocycles. The molecule has 0 aromatic heterocycles. The topological polar surface area (TPSA) is 67.1 Å². The Balaban J connectivity index is 2.01. The third-order valence-corrected chi connectivity index (χ3v) is 3.16. The van der Waals surface area contributed by atoms with Crippen LogP contribution in [0.25, 0.3) is 0 Å². The van der Waals surface area contributed by atoms with Gasteiger partial charge in [-0.2, -0.15) is 0 Å². The minimum absolute atomic E-state index is 0.0657. The number of amides is 2. The predicted octanol–water partition coefficient (Wildman–Crippen LogP) is 3.48. The number of nitrogens with two attached hydrogens (primary N) is 1. The highest BCUT2D eigenvalue weighted by molar-refractivity contribution is 6.25. The van der Waals surface area contributed by atoms with Gasteiger partial charge in [-0.25, -0.2) is 13.6 Å². The maximum Gasteiger partial charge on any atom is 0.323 e. The Hall–Kier alpha value is -1.92. The molecule has 0 saturated heterocycles. The average Bonchev–Trinajstić information content (AvgIpc) is 2.41. The van der Waals surface area contributed by atoms with E-state index in [4.69, 9.17) is 17.3 Å². The summed E-state index contributed by atoms with van der Waals surface area (Å²) in [5, 5.41) is 4.93. The molecule has 1 unspecified atom stereocenters. The lowest BCUT2D eigenvalue weighted by atomic mass is 10.1. The van der Waals surface area contributed by atoms with Crippen LogP contribution in [0.5, 0.6) is 0 Å². The summed E-state index contributed by atoms with van der Waals surface area (Å²) in [4.78, 5) is 10.9. The molecule has 1 aromatic rings. The molecule has 0 fully saturated rings. The van der Waals surface area contributed by atoms with E-state index < -0.39 is 17.5 Å². The van der Waals surface area contributed by atoms with Crippen LogP contribution in [0.15, 0.2) is 48.2 Å². The van der Waals surface area contributed by atoms with Crippen molar-refractivity contribution in [3.8, 4) is 0 Å². The van der Waals surface area contributed by atoms with E-state index in [2.05, 4.69) is 10.6 Å². The van der Waals surface area contributed by atoms with E-state index in [1.165, 1.54) is 18.2 Å². The number of urea groups is 1. The second-order valence-corrected chi connectivity index (χ2v) is 5.29. The van der Waals surface area contributed by atoms with E-state index in [9.17, 15) is 13.6 Å². The molecule has 0 heterocycles. The quantitative estimate of drug-likeness (QED) is 0.591. The molecule has 4 nitrogen and oxygen atoms in total. The van der Waals surface area contributed by atoms with Gasteiger partial charge in [0.1, 0.15) is 5.00 Å². The van der Waals surface area contributed by atoms with Gasteiger partial charge in [0.15, 0.2) is 0 Å². The number of hydrogen-bond donors (Lipinski definition) is 3. The van der Waals surface area contributed by atoms with E-state index in [0.717, 1.165) is 0 Å². The van der Waals surface area contributed by atoms with Crippen molar-refractivity contribution < 1.29 is 13.6 Å². The van der Waals surface area contributed by atoms with Gasteiger partial charge in [-0.3, -0.25) is 0 Å². The lowest BCUT2D eigenvalue weighted by Crippen LogP contribution is -2.34. The van der Waals surface area contributed by atoms with Crippen LogP contribution in [-0.4, -0.2) is 11.0 Å². The highest BCUT2D eigenvalue weighted by Gasteiger charge is 2.20. The molecule has 1 aliphatic carbocycles. The van der Waals surface area contributed by atoms with Crippen LogP contribution >= 0.6 is 11.6 Å². The largest absolute Gasteiger partial charge is 0.323 e. The van der Waals surface area contributed by atoms with Crippen molar-refractivity contribution in [3.63, 3.8) is 0 Å². The summed E-state index contributed by atoms with van der Waals surface area (Å²) >= 11 is 5.89. The number of hydrogen-bond acceptors (Lipinski definition) is 2.